The Morgan fingerprint density at radius 1 is 1.56 bits per heavy atom. The molecule has 0 saturated heterocycles. The summed E-state index contributed by atoms with van der Waals surface area (Å²) in [5, 5.41) is 9.26. The Morgan fingerprint density at radius 3 is 2.75 bits per heavy atom. The smallest absolute Gasteiger partial charge is 0.163 e. The van der Waals surface area contributed by atoms with Gasteiger partial charge in [0, 0.05) is 23.3 Å². The van der Waals surface area contributed by atoms with Crippen LogP contribution >= 0.6 is 11.8 Å². The molecule has 0 amide bonds. The minimum Gasteiger partial charge on any atom is -0.367 e. The van der Waals surface area contributed by atoms with E-state index >= 15 is 0 Å². The fourth-order valence-corrected chi connectivity index (χ4v) is 2.17. The molecule has 1 rings (SSSR count). The first-order valence-electron chi connectivity index (χ1n) is 5.00. The van der Waals surface area contributed by atoms with Crippen LogP contribution in [0.5, 0.6) is 0 Å². The highest BCUT2D eigenvalue weighted by molar-refractivity contribution is 7.99. The van der Waals surface area contributed by atoms with E-state index < -0.39 is 6.29 Å². The third-order valence-electron chi connectivity index (χ3n) is 2.23. The molecule has 0 aromatic heterocycles. The van der Waals surface area contributed by atoms with Gasteiger partial charge in [-0.3, -0.25) is 4.79 Å². The van der Waals surface area contributed by atoms with Crippen molar-refractivity contribution >= 4 is 17.5 Å². The summed E-state index contributed by atoms with van der Waals surface area (Å²) in [5.74, 6) is 0.549. The van der Waals surface area contributed by atoms with E-state index in [1.54, 1.807) is 13.0 Å². The van der Waals surface area contributed by atoms with Crippen molar-refractivity contribution in [1.82, 2.24) is 0 Å². The normalized spacial score (nSPS) is 12.5. The van der Waals surface area contributed by atoms with E-state index in [1.807, 2.05) is 19.1 Å². The van der Waals surface area contributed by atoms with Crippen LogP contribution in [0, 0.1) is 6.92 Å². The average Bonchev–Trinajstić information content (AvgIpc) is 2.26. The van der Waals surface area contributed by atoms with Gasteiger partial charge in [-0.1, -0.05) is 6.07 Å². The average molecular weight is 240 g/mol. The zero-order chi connectivity index (χ0) is 12.1. The topological polar surface area (TPSA) is 46.5 Å². The molecule has 3 nitrogen and oxygen atoms in total. The zero-order valence-electron chi connectivity index (χ0n) is 9.69. The Hall–Kier alpha value is -0.840. The number of ether oxygens (including phenoxy) is 1. The second-order valence-corrected chi connectivity index (χ2v) is 4.60. The van der Waals surface area contributed by atoms with Crippen molar-refractivity contribution in [3.05, 3.63) is 29.3 Å². The van der Waals surface area contributed by atoms with Crippen LogP contribution < -0.4 is 0 Å². The van der Waals surface area contributed by atoms with Crippen molar-refractivity contribution in [1.29, 1.82) is 0 Å². The molecule has 0 aliphatic heterocycles. The zero-order valence-corrected chi connectivity index (χ0v) is 10.5. The molecule has 0 heterocycles. The molecule has 0 radical (unpaired) electrons. The van der Waals surface area contributed by atoms with Crippen molar-refractivity contribution in [2.45, 2.75) is 25.0 Å². The first-order valence-corrected chi connectivity index (χ1v) is 5.98. The quantitative estimate of drug-likeness (QED) is 0.487. The van der Waals surface area contributed by atoms with Gasteiger partial charge >= 0.3 is 0 Å². The lowest BCUT2D eigenvalue weighted by molar-refractivity contribution is -0.0546. The summed E-state index contributed by atoms with van der Waals surface area (Å²) in [7, 11) is 1.47. The highest BCUT2D eigenvalue weighted by Crippen LogP contribution is 2.24. The second-order valence-electron chi connectivity index (χ2n) is 3.54. The number of hydrogen-bond donors (Lipinski definition) is 1. The third-order valence-corrected chi connectivity index (χ3v) is 3.46. The molecular weight excluding hydrogens is 224 g/mol. The van der Waals surface area contributed by atoms with Crippen molar-refractivity contribution in [3.8, 4) is 0 Å². The van der Waals surface area contributed by atoms with Gasteiger partial charge in [0.05, 0.1) is 0 Å². The number of rotatable bonds is 5. The molecule has 4 heteroatoms. The van der Waals surface area contributed by atoms with E-state index in [1.165, 1.54) is 18.9 Å². The number of benzene rings is 1. The van der Waals surface area contributed by atoms with E-state index in [-0.39, 0.29) is 5.78 Å². The van der Waals surface area contributed by atoms with Crippen LogP contribution in [0.3, 0.4) is 0 Å². The lowest BCUT2D eigenvalue weighted by Gasteiger charge is -2.10. The van der Waals surface area contributed by atoms with E-state index in [0.29, 0.717) is 11.3 Å². The highest BCUT2D eigenvalue weighted by Gasteiger charge is 2.07. The van der Waals surface area contributed by atoms with Crippen LogP contribution in [0.4, 0.5) is 0 Å². The van der Waals surface area contributed by atoms with E-state index in [0.717, 1.165) is 10.5 Å². The molecule has 1 N–H and O–H groups in total. The third kappa shape index (κ3) is 3.63. The molecule has 0 saturated carbocycles. The molecule has 1 aromatic rings. The summed E-state index contributed by atoms with van der Waals surface area (Å²) in [6, 6.07) is 5.57. The highest BCUT2D eigenvalue weighted by atomic mass is 32.2. The summed E-state index contributed by atoms with van der Waals surface area (Å²) < 4.78 is 4.75. The van der Waals surface area contributed by atoms with Crippen LogP contribution in [0.2, 0.25) is 0 Å². The van der Waals surface area contributed by atoms with Crippen LogP contribution in [0.1, 0.15) is 22.8 Å². The fraction of sp³-hybridized carbons (Fsp3) is 0.417. The van der Waals surface area contributed by atoms with E-state index in [4.69, 9.17) is 4.74 Å². The molecule has 0 aliphatic carbocycles. The first kappa shape index (κ1) is 13.2. The first-order chi connectivity index (χ1) is 7.54. The number of ketones is 1. The molecule has 1 atom stereocenters. The number of carbonyl (C=O) groups excluding carboxylic acids is 1. The Labute approximate surface area is 99.8 Å². The molecule has 88 valence electrons. The summed E-state index contributed by atoms with van der Waals surface area (Å²) >= 11 is 1.51. The number of aliphatic hydroxyl groups is 1. The maximum atomic E-state index is 11.2. The molecule has 1 aromatic carbocycles. The number of carbonyl (C=O) groups is 1. The van der Waals surface area contributed by atoms with Gasteiger partial charge in [0.25, 0.3) is 0 Å². The van der Waals surface area contributed by atoms with Gasteiger partial charge in [-0.05, 0) is 31.5 Å². The van der Waals surface area contributed by atoms with Gasteiger partial charge in [-0.25, -0.2) is 0 Å². The summed E-state index contributed by atoms with van der Waals surface area (Å²) in [6.45, 7) is 3.50. The molecule has 1 unspecified atom stereocenters. The van der Waals surface area contributed by atoms with Crippen LogP contribution in [-0.4, -0.2) is 30.0 Å². The number of Topliss-reactive ketones (excluding diaryl/α,β-unsaturated/α-hetero) is 1. The minimum atomic E-state index is -0.753. The van der Waals surface area contributed by atoms with Crippen molar-refractivity contribution < 1.29 is 14.6 Å². The molecular formula is C12H16O3S. The summed E-state index contributed by atoms with van der Waals surface area (Å²) in [4.78, 5) is 12.2. The monoisotopic (exact) mass is 240 g/mol. The van der Waals surface area contributed by atoms with Gasteiger partial charge in [0.2, 0.25) is 0 Å². The SMILES string of the molecule is COC(O)CSc1ccc(C(C)=O)cc1C. The van der Waals surface area contributed by atoms with Gasteiger partial charge in [-0.2, -0.15) is 0 Å². The van der Waals surface area contributed by atoms with Gasteiger partial charge in [0.1, 0.15) is 0 Å². The molecule has 0 spiro atoms. The van der Waals surface area contributed by atoms with Crippen LogP contribution in [-0.2, 0) is 4.74 Å². The number of thioether (sulfide) groups is 1. The maximum absolute atomic E-state index is 11.2. The van der Waals surface area contributed by atoms with E-state index in [9.17, 15) is 9.90 Å². The second kappa shape index (κ2) is 6.03. The lowest BCUT2D eigenvalue weighted by Crippen LogP contribution is -2.11. The van der Waals surface area contributed by atoms with Crippen molar-refractivity contribution in [2.24, 2.45) is 0 Å². The Bertz CT molecular complexity index is 377. The summed E-state index contributed by atoms with van der Waals surface area (Å²) in [6.07, 6.45) is -0.753. The van der Waals surface area contributed by atoms with Gasteiger partial charge < -0.3 is 9.84 Å². The Balaban J connectivity index is 2.72. The molecule has 16 heavy (non-hydrogen) atoms. The van der Waals surface area contributed by atoms with Crippen molar-refractivity contribution in [2.75, 3.05) is 12.9 Å². The van der Waals surface area contributed by atoms with Crippen LogP contribution in [0.25, 0.3) is 0 Å². The Morgan fingerprint density at radius 2 is 2.25 bits per heavy atom. The molecule has 0 bridgehead atoms. The Kier molecular flexibility index (Phi) is 4.99. The van der Waals surface area contributed by atoms with Crippen molar-refractivity contribution in [3.63, 3.8) is 0 Å². The molecule has 0 fully saturated rings. The number of aliphatic hydroxyl groups excluding tert-OH is 1. The summed E-state index contributed by atoms with van der Waals surface area (Å²) in [5.41, 5.74) is 1.76. The lowest BCUT2D eigenvalue weighted by atomic mass is 10.1. The fourth-order valence-electron chi connectivity index (χ4n) is 1.26. The standard InChI is InChI=1S/C12H16O3S/c1-8-6-10(9(2)13)4-5-11(8)16-7-12(14)15-3/h4-6,12,14H,7H2,1-3H3. The van der Waals surface area contributed by atoms with Gasteiger partial charge in [-0.15, -0.1) is 11.8 Å². The predicted octanol–water partition coefficient (Wildman–Crippen LogP) is 2.25. The maximum Gasteiger partial charge on any atom is 0.163 e. The number of hydrogen-bond acceptors (Lipinski definition) is 4. The van der Waals surface area contributed by atoms with Gasteiger partial charge in [0.15, 0.2) is 12.1 Å². The number of aryl methyl sites for hydroxylation is 1. The predicted molar refractivity (Wildman–Crippen MR) is 64.9 cm³/mol. The largest absolute Gasteiger partial charge is 0.367 e. The number of methoxy groups -OCH3 is 1. The van der Waals surface area contributed by atoms with E-state index in [2.05, 4.69) is 0 Å². The minimum absolute atomic E-state index is 0.0663. The molecule has 0 aliphatic rings. The van der Waals surface area contributed by atoms with Crippen LogP contribution in [0.15, 0.2) is 23.1 Å².